The first-order valence-corrected chi connectivity index (χ1v) is 6.89. The maximum Gasteiger partial charge on any atom is 0.319 e. The summed E-state index contributed by atoms with van der Waals surface area (Å²) in [6.45, 7) is 2.31. The molecule has 0 spiro atoms. The highest BCUT2D eigenvalue weighted by molar-refractivity contribution is 9.10. The van der Waals surface area contributed by atoms with Crippen LogP contribution < -0.4 is 20.7 Å². The minimum absolute atomic E-state index is 0.399. The molecular formula is C13H19BrN3O3+. The number of methoxy groups -OCH3 is 1. The van der Waals surface area contributed by atoms with Crippen LogP contribution in [-0.4, -0.2) is 32.1 Å². The van der Waals surface area contributed by atoms with Gasteiger partial charge in [-0.05, 0) is 25.1 Å². The van der Waals surface area contributed by atoms with E-state index in [1.165, 1.54) is 0 Å². The molecular weight excluding hydrogens is 326 g/mol. The lowest BCUT2D eigenvalue weighted by Crippen LogP contribution is -3.12. The molecule has 6 nitrogen and oxygen atoms in total. The van der Waals surface area contributed by atoms with Crippen LogP contribution in [0.1, 0.15) is 12.5 Å². The molecule has 0 saturated heterocycles. The van der Waals surface area contributed by atoms with E-state index in [0.29, 0.717) is 6.54 Å². The van der Waals surface area contributed by atoms with Crippen molar-refractivity contribution in [3.05, 3.63) is 28.2 Å². The summed E-state index contributed by atoms with van der Waals surface area (Å²) in [6.07, 6.45) is 0. The fourth-order valence-electron chi connectivity index (χ4n) is 1.79. The molecule has 0 aliphatic heterocycles. The number of primary amides is 1. The lowest BCUT2D eigenvalue weighted by molar-refractivity contribution is -0.908. The zero-order valence-corrected chi connectivity index (χ0v) is 13.3. The number of benzene rings is 1. The van der Waals surface area contributed by atoms with Crippen molar-refractivity contribution < 1.29 is 19.2 Å². The predicted molar refractivity (Wildman–Crippen MR) is 78.5 cm³/mol. The van der Waals surface area contributed by atoms with Gasteiger partial charge in [-0.3, -0.25) is 10.1 Å². The molecule has 110 valence electrons. The number of amides is 3. The summed E-state index contributed by atoms with van der Waals surface area (Å²) in [5.41, 5.74) is 5.91. The zero-order valence-electron chi connectivity index (χ0n) is 11.7. The molecule has 0 radical (unpaired) electrons. The Labute approximate surface area is 126 Å². The van der Waals surface area contributed by atoms with E-state index >= 15 is 0 Å². The summed E-state index contributed by atoms with van der Waals surface area (Å²) in [7, 11) is 3.47. The largest absolute Gasteiger partial charge is 0.496 e. The Morgan fingerprint density at radius 2 is 2.15 bits per heavy atom. The van der Waals surface area contributed by atoms with Crippen LogP contribution in [-0.2, 0) is 11.3 Å². The minimum Gasteiger partial charge on any atom is -0.496 e. The second kappa shape index (κ2) is 7.25. The number of halogens is 1. The number of quaternary nitrogens is 1. The molecule has 0 aliphatic carbocycles. The maximum atomic E-state index is 11.7. The Balaban J connectivity index is 2.79. The first-order chi connectivity index (χ1) is 9.35. The topological polar surface area (TPSA) is 85.9 Å². The average molecular weight is 345 g/mol. The normalized spacial score (nSPS) is 13.4. The molecule has 7 heteroatoms. The van der Waals surface area contributed by atoms with Gasteiger partial charge in [0.15, 0.2) is 6.04 Å². The Bertz CT molecular complexity index is 508. The molecule has 4 N–H and O–H groups in total. The van der Waals surface area contributed by atoms with E-state index < -0.39 is 18.0 Å². The molecule has 1 aromatic rings. The van der Waals surface area contributed by atoms with Crippen molar-refractivity contribution >= 4 is 27.9 Å². The number of likely N-dealkylation sites (N-methyl/N-ethyl adjacent to an activating group) is 1. The number of carbonyl (C=O) groups excluding carboxylic acids is 2. The third-order valence-corrected chi connectivity index (χ3v) is 3.58. The third kappa shape index (κ3) is 4.50. The van der Waals surface area contributed by atoms with Crippen molar-refractivity contribution in [2.75, 3.05) is 14.2 Å². The van der Waals surface area contributed by atoms with E-state index in [1.54, 1.807) is 14.0 Å². The number of ether oxygens (including phenoxy) is 1. The molecule has 1 rings (SSSR count). The quantitative estimate of drug-likeness (QED) is 0.705. The van der Waals surface area contributed by atoms with E-state index in [9.17, 15) is 9.59 Å². The number of rotatable bonds is 5. The SMILES string of the molecule is COc1ccc(Br)cc1C[NH+](C)[C@H](C)C(=O)NC(N)=O. The molecule has 3 amide bonds. The Morgan fingerprint density at radius 3 is 2.70 bits per heavy atom. The van der Waals surface area contributed by atoms with Gasteiger partial charge in [0, 0.05) is 10.0 Å². The number of carbonyl (C=O) groups is 2. The van der Waals surface area contributed by atoms with Crippen LogP contribution in [0.3, 0.4) is 0 Å². The van der Waals surface area contributed by atoms with Crippen molar-refractivity contribution in [2.45, 2.75) is 19.5 Å². The second-order valence-corrected chi connectivity index (χ2v) is 5.47. The van der Waals surface area contributed by atoms with Crippen LogP contribution in [0.4, 0.5) is 4.79 Å². The molecule has 0 heterocycles. The average Bonchev–Trinajstić information content (AvgIpc) is 2.37. The molecule has 20 heavy (non-hydrogen) atoms. The first kappa shape index (κ1) is 16.5. The van der Waals surface area contributed by atoms with E-state index in [4.69, 9.17) is 10.5 Å². The Hall–Kier alpha value is -1.60. The maximum absolute atomic E-state index is 11.7. The smallest absolute Gasteiger partial charge is 0.319 e. The van der Waals surface area contributed by atoms with Gasteiger partial charge in [0.2, 0.25) is 0 Å². The minimum atomic E-state index is -0.838. The van der Waals surface area contributed by atoms with Crippen LogP contribution in [0.15, 0.2) is 22.7 Å². The van der Waals surface area contributed by atoms with E-state index in [0.717, 1.165) is 20.7 Å². The fourth-order valence-corrected chi connectivity index (χ4v) is 2.20. The molecule has 0 saturated carbocycles. The van der Waals surface area contributed by atoms with Gasteiger partial charge in [0.1, 0.15) is 12.3 Å². The number of nitrogens with one attached hydrogen (secondary N) is 2. The molecule has 1 aromatic carbocycles. The molecule has 0 bridgehead atoms. The van der Waals surface area contributed by atoms with Crippen LogP contribution >= 0.6 is 15.9 Å². The monoisotopic (exact) mass is 344 g/mol. The van der Waals surface area contributed by atoms with Crippen molar-refractivity contribution in [1.29, 1.82) is 0 Å². The number of imide groups is 1. The van der Waals surface area contributed by atoms with Crippen molar-refractivity contribution in [1.82, 2.24) is 5.32 Å². The number of nitrogens with two attached hydrogens (primary N) is 1. The van der Waals surface area contributed by atoms with Crippen LogP contribution in [0.2, 0.25) is 0 Å². The second-order valence-electron chi connectivity index (χ2n) is 4.55. The van der Waals surface area contributed by atoms with Gasteiger partial charge >= 0.3 is 6.03 Å². The standard InChI is InChI=1S/C13H18BrN3O3/c1-8(12(18)16-13(15)19)17(2)7-9-6-10(14)4-5-11(9)20-3/h4-6,8H,7H2,1-3H3,(H3,15,16,18,19)/p+1/t8-/m1/s1. The lowest BCUT2D eigenvalue weighted by Gasteiger charge is -2.21. The van der Waals surface area contributed by atoms with Gasteiger partial charge in [-0.15, -0.1) is 0 Å². The van der Waals surface area contributed by atoms with Gasteiger partial charge in [-0.1, -0.05) is 15.9 Å². The van der Waals surface area contributed by atoms with Gasteiger partial charge in [-0.25, -0.2) is 4.79 Å². The van der Waals surface area contributed by atoms with E-state index in [1.807, 2.05) is 25.2 Å². The fraction of sp³-hybridized carbons (Fsp3) is 0.385. The van der Waals surface area contributed by atoms with Crippen molar-refractivity contribution in [3.63, 3.8) is 0 Å². The number of hydrogen-bond acceptors (Lipinski definition) is 3. The van der Waals surface area contributed by atoms with Crippen molar-refractivity contribution in [2.24, 2.45) is 5.73 Å². The van der Waals surface area contributed by atoms with Gasteiger partial charge in [0.05, 0.1) is 14.2 Å². The van der Waals surface area contributed by atoms with Crippen LogP contribution in [0.5, 0.6) is 5.75 Å². The molecule has 2 atom stereocenters. The molecule has 1 unspecified atom stereocenters. The highest BCUT2D eigenvalue weighted by atomic mass is 79.9. The number of urea groups is 1. The first-order valence-electron chi connectivity index (χ1n) is 6.10. The highest BCUT2D eigenvalue weighted by Crippen LogP contribution is 2.22. The van der Waals surface area contributed by atoms with Gasteiger partial charge in [-0.2, -0.15) is 0 Å². The Kier molecular flexibility index (Phi) is 5.97. The van der Waals surface area contributed by atoms with E-state index in [-0.39, 0.29) is 0 Å². The number of hydrogen-bond donors (Lipinski definition) is 3. The summed E-state index contributed by atoms with van der Waals surface area (Å²) in [4.78, 5) is 23.3. The van der Waals surface area contributed by atoms with Crippen LogP contribution in [0, 0.1) is 0 Å². The highest BCUT2D eigenvalue weighted by Gasteiger charge is 2.23. The van der Waals surface area contributed by atoms with Gasteiger partial charge < -0.3 is 15.4 Å². The summed E-state index contributed by atoms with van der Waals surface area (Å²) in [6, 6.07) is 4.45. The summed E-state index contributed by atoms with van der Waals surface area (Å²) in [5, 5.41) is 2.09. The third-order valence-electron chi connectivity index (χ3n) is 3.09. The van der Waals surface area contributed by atoms with E-state index in [2.05, 4.69) is 21.2 Å². The molecule has 0 aliphatic rings. The predicted octanol–water partition coefficient (Wildman–Crippen LogP) is 0.0558. The summed E-state index contributed by atoms with van der Waals surface area (Å²) >= 11 is 3.41. The molecule has 0 fully saturated rings. The van der Waals surface area contributed by atoms with Crippen LogP contribution in [0.25, 0.3) is 0 Å². The zero-order chi connectivity index (χ0) is 15.3. The van der Waals surface area contributed by atoms with Crippen molar-refractivity contribution in [3.8, 4) is 5.75 Å². The van der Waals surface area contributed by atoms with Gasteiger partial charge in [0.25, 0.3) is 5.91 Å². The summed E-state index contributed by atoms with van der Waals surface area (Å²) in [5.74, 6) is 0.360. The Morgan fingerprint density at radius 1 is 1.50 bits per heavy atom. The summed E-state index contributed by atoms with van der Waals surface area (Å²) < 4.78 is 6.24. The molecule has 0 aromatic heterocycles. The lowest BCUT2D eigenvalue weighted by atomic mass is 10.1.